The molecule has 0 saturated carbocycles. The maximum Gasteiger partial charge on any atom is 0.338 e. The van der Waals surface area contributed by atoms with Crippen LogP contribution in [0.25, 0.3) is 0 Å². The molecule has 2 aromatic rings. The van der Waals surface area contributed by atoms with Crippen LogP contribution in [0.4, 0.5) is 10.5 Å². The number of amides is 2. The van der Waals surface area contributed by atoms with E-state index >= 15 is 0 Å². The largest absolute Gasteiger partial charge is 0.462 e. The highest BCUT2D eigenvalue weighted by Crippen LogP contribution is 2.15. The van der Waals surface area contributed by atoms with E-state index in [1.54, 1.807) is 31.2 Å². The van der Waals surface area contributed by atoms with E-state index in [-0.39, 0.29) is 17.2 Å². The molecule has 1 unspecified atom stereocenters. The summed E-state index contributed by atoms with van der Waals surface area (Å²) in [5.74, 6) is 0.0851. The Morgan fingerprint density at radius 3 is 2.38 bits per heavy atom. The summed E-state index contributed by atoms with van der Waals surface area (Å²) in [6.45, 7) is 5.59. The Morgan fingerprint density at radius 1 is 1.07 bits per heavy atom. The minimum Gasteiger partial charge on any atom is -0.462 e. The smallest absolute Gasteiger partial charge is 0.338 e. The van der Waals surface area contributed by atoms with Crippen LogP contribution in [-0.4, -0.2) is 35.5 Å². The van der Waals surface area contributed by atoms with Crippen LogP contribution in [0.1, 0.15) is 35.3 Å². The number of carbonyl (C=O) groups excluding carboxylic acids is 3. The summed E-state index contributed by atoms with van der Waals surface area (Å²) in [7, 11) is 0. The lowest BCUT2D eigenvalue weighted by atomic mass is 10.0. The zero-order valence-electron chi connectivity index (χ0n) is 16.9. The van der Waals surface area contributed by atoms with Gasteiger partial charge in [0, 0.05) is 24.4 Å². The van der Waals surface area contributed by atoms with E-state index in [0.717, 1.165) is 11.1 Å². The lowest BCUT2D eigenvalue weighted by molar-refractivity contribution is -0.109. The number of rotatable bonds is 8. The van der Waals surface area contributed by atoms with Gasteiger partial charge in [-0.2, -0.15) is 0 Å². The number of benzene rings is 2. The molecule has 0 aliphatic heterocycles. The molecule has 0 bridgehead atoms. The van der Waals surface area contributed by atoms with Crippen molar-refractivity contribution in [1.29, 1.82) is 0 Å². The molecule has 6 nitrogen and oxygen atoms in total. The second kappa shape index (κ2) is 11.3. The molecule has 0 aliphatic rings. The molecule has 0 aromatic heterocycles. The first-order chi connectivity index (χ1) is 13.9. The molecule has 0 spiro atoms. The molecule has 154 valence electrons. The summed E-state index contributed by atoms with van der Waals surface area (Å²) in [5.41, 5.74) is 3.25. The van der Waals surface area contributed by atoms with E-state index in [4.69, 9.17) is 4.74 Å². The van der Waals surface area contributed by atoms with Crippen LogP contribution in [0.3, 0.4) is 0 Å². The van der Waals surface area contributed by atoms with Crippen molar-refractivity contribution in [2.75, 3.05) is 17.7 Å². The number of nitrogens with one attached hydrogen (secondary N) is 2. The Morgan fingerprint density at radius 2 is 1.76 bits per heavy atom. The Hall–Kier alpha value is -2.80. The summed E-state index contributed by atoms with van der Waals surface area (Å²) < 4.78 is 4.95. The van der Waals surface area contributed by atoms with E-state index in [1.807, 2.05) is 31.2 Å². The third kappa shape index (κ3) is 7.62. The molecule has 0 heterocycles. The summed E-state index contributed by atoms with van der Waals surface area (Å²) in [4.78, 5) is 35.5. The Bertz CT molecular complexity index is 852. The van der Waals surface area contributed by atoms with Gasteiger partial charge < -0.3 is 15.4 Å². The van der Waals surface area contributed by atoms with Crippen molar-refractivity contribution >= 4 is 34.6 Å². The molecule has 0 fully saturated rings. The fraction of sp³-hybridized carbons (Fsp3) is 0.318. The fourth-order valence-electron chi connectivity index (χ4n) is 2.73. The average molecular weight is 415 g/mol. The maximum atomic E-state index is 12.5. The van der Waals surface area contributed by atoms with Crippen LogP contribution < -0.4 is 10.6 Å². The number of esters is 1. The molecule has 0 radical (unpaired) electrons. The molecule has 2 rings (SSSR count). The maximum absolute atomic E-state index is 12.5. The Balaban J connectivity index is 2.00. The summed E-state index contributed by atoms with van der Waals surface area (Å²) in [6, 6.07) is 13.9. The zero-order chi connectivity index (χ0) is 21.2. The number of carbonyl (C=O) groups is 3. The molecular formula is C22H26N2O4S. The first-order valence-electron chi connectivity index (χ1n) is 9.41. The highest BCUT2D eigenvalue weighted by molar-refractivity contribution is 8.13. The third-order valence-corrected chi connectivity index (χ3v) is 5.18. The van der Waals surface area contributed by atoms with Crippen molar-refractivity contribution < 1.29 is 19.1 Å². The minimum atomic E-state index is -0.400. The number of aryl methyl sites for hydroxylation is 1. The quantitative estimate of drug-likeness (QED) is 0.633. The minimum absolute atomic E-state index is 0.0107. The number of hydrogen-bond donors (Lipinski definition) is 2. The van der Waals surface area contributed by atoms with Gasteiger partial charge in [0.1, 0.15) is 0 Å². The van der Waals surface area contributed by atoms with Gasteiger partial charge in [-0.25, -0.2) is 9.59 Å². The van der Waals surface area contributed by atoms with E-state index in [2.05, 4.69) is 10.6 Å². The van der Waals surface area contributed by atoms with E-state index in [0.29, 0.717) is 30.0 Å². The Kier molecular flexibility index (Phi) is 8.73. The molecule has 0 saturated heterocycles. The van der Waals surface area contributed by atoms with Crippen LogP contribution in [0.2, 0.25) is 0 Å². The fourth-order valence-corrected chi connectivity index (χ4v) is 3.37. The van der Waals surface area contributed by atoms with E-state index in [1.165, 1.54) is 18.7 Å². The van der Waals surface area contributed by atoms with Crippen LogP contribution in [0, 0.1) is 6.92 Å². The molecule has 2 aromatic carbocycles. The van der Waals surface area contributed by atoms with Crippen molar-refractivity contribution in [3.8, 4) is 0 Å². The summed E-state index contributed by atoms with van der Waals surface area (Å²) >= 11 is 1.19. The van der Waals surface area contributed by atoms with Crippen LogP contribution in [-0.2, 0) is 16.0 Å². The molecule has 2 N–H and O–H groups in total. The lowest BCUT2D eigenvalue weighted by Gasteiger charge is -2.19. The molecule has 2 amide bonds. The van der Waals surface area contributed by atoms with E-state index < -0.39 is 5.97 Å². The number of urea groups is 1. The van der Waals surface area contributed by atoms with Gasteiger partial charge in [-0.05, 0) is 55.7 Å². The average Bonchev–Trinajstić information content (AvgIpc) is 2.68. The molecular weight excluding hydrogens is 388 g/mol. The normalized spacial score (nSPS) is 11.4. The van der Waals surface area contributed by atoms with Gasteiger partial charge >= 0.3 is 12.0 Å². The first kappa shape index (κ1) is 22.5. The lowest BCUT2D eigenvalue weighted by Crippen LogP contribution is -2.41. The molecule has 7 heteroatoms. The third-order valence-electron chi connectivity index (χ3n) is 4.20. The highest BCUT2D eigenvalue weighted by atomic mass is 32.2. The van der Waals surface area contributed by atoms with Gasteiger partial charge in [0.2, 0.25) is 0 Å². The summed E-state index contributed by atoms with van der Waals surface area (Å²) in [6.07, 6.45) is 0.627. The standard InChI is InChI=1S/C22H26N2O4S/c1-4-28-21(26)17-9-11-19(12-10-17)23-22(27)24-20(14-29-16(3)25)13-18-8-6-5-7-15(18)2/h5-12,20H,4,13-14H2,1-3H3,(H2,23,24,27). The topological polar surface area (TPSA) is 84.5 Å². The van der Waals surface area contributed by atoms with Crippen LogP contribution in [0.5, 0.6) is 0 Å². The zero-order valence-corrected chi connectivity index (χ0v) is 17.7. The Labute approximate surface area is 175 Å². The monoisotopic (exact) mass is 414 g/mol. The second-order valence-electron chi connectivity index (χ2n) is 6.53. The van der Waals surface area contributed by atoms with Gasteiger partial charge in [-0.1, -0.05) is 36.0 Å². The van der Waals surface area contributed by atoms with Crippen molar-refractivity contribution in [2.45, 2.75) is 33.2 Å². The van der Waals surface area contributed by atoms with Gasteiger partial charge in [0.25, 0.3) is 0 Å². The van der Waals surface area contributed by atoms with Crippen LogP contribution in [0.15, 0.2) is 48.5 Å². The van der Waals surface area contributed by atoms with Crippen molar-refractivity contribution in [1.82, 2.24) is 5.32 Å². The predicted octanol–water partition coefficient (Wildman–Crippen LogP) is 4.18. The molecule has 0 aliphatic carbocycles. The molecule has 29 heavy (non-hydrogen) atoms. The number of hydrogen-bond acceptors (Lipinski definition) is 5. The van der Waals surface area contributed by atoms with Crippen LogP contribution >= 0.6 is 11.8 Å². The molecule has 1 atom stereocenters. The first-order valence-corrected chi connectivity index (χ1v) is 10.4. The predicted molar refractivity (Wildman–Crippen MR) is 116 cm³/mol. The van der Waals surface area contributed by atoms with Crippen molar-refractivity contribution in [3.63, 3.8) is 0 Å². The van der Waals surface area contributed by atoms with Gasteiger partial charge in [0.05, 0.1) is 12.2 Å². The highest BCUT2D eigenvalue weighted by Gasteiger charge is 2.16. The van der Waals surface area contributed by atoms with Crippen molar-refractivity contribution in [3.05, 3.63) is 65.2 Å². The van der Waals surface area contributed by atoms with Gasteiger partial charge in [0.15, 0.2) is 5.12 Å². The number of thioether (sulfide) groups is 1. The van der Waals surface area contributed by atoms with Gasteiger partial charge in [-0.3, -0.25) is 4.79 Å². The number of anilines is 1. The SMILES string of the molecule is CCOC(=O)c1ccc(NC(=O)NC(CSC(C)=O)Cc2ccccc2C)cc1. The second-order valence-corrected chi connectivity index (χ2v) is 7.72. The van der Waals surface area contributed by atoms with Gasteiger partial charge in [-0.15, -0.1) is 0 Å². The van der Waals surface area contributed by atoms with E-state index in [9.17, 15) is 14.4 Å². The number of ether oxygens (including phenoxy) is 1. The van der Waals surface area contributed by atoms with Crippen molar-refractivity contribution in [2.24, 2.45) is 0 Å². The summed E-state index contributed by atoms with van der Waals surface area (Å²) in [5, 5.41) is 5.71.